The van der Waals surface area contributed by atoms with Crippen LogP contribution in [0, 0.1) is 6.92 Å². The lowest BCUT2D eigenvalue weighted by molar-refractivity contribution is 0.0794. The molecule has 0 radical (unpaired) electrons. The summed E-state index contributed by atoms with van der Waals surface area (Å²) in [5.41, 5.74) is 1.63. The van der Waals surface area contributed by atoms with Gasteiger partial charge >= 0.3 is 0 Å². The van der Waals surface area contributed by atoms with E-state index in [1.54, 1.807) is 11.6 Å². The molecule has 2 aromatic heterocycles. The fraction of sp³-hybridized carbons (Fsp3) is 0.316. The molecular weight excluding hydrogens is 368 g/mol. The van der Waals surface area contributed by atoms with Gasteiger partial charge in [-0.3, -0.25) is 4.79 Å². The van der Waals surface area contributed by atoms with Gasteiger partial charge in [0.15, 0.2) is 17.4 Å². The molecule has 3 aromatic rings. The van der Waals surface area contributed by atoms with E-state index in [1.807, 2.05) is 30.3 Å². The Hall–Kier alpha value is -2.64. The highest BCUT2D eigenvalue weighted by atomic mass is 35.5. The van der Waals surface area contributed by atoms with Crippen molar-refractivity contribution >= 4 is 23.3 Å². The topological polar surface area (TPSA) is 82.2 Å². The molecule has 1 aliphatic heterocycles. The molecule has 27 heavy (non-hydrogen) atoms. The number of para-hydroxylation sites is 1. The number of carbonyl (C=O) groups excluding carboxylic acids is 1. The summed E-state index contributed by atoms with van der Waals surface area (Å²) in [7, 11) is 0. The number of nitrogens with zero attached hydrogens (tertiary/aromatic N) is 3. The summed E-state index contributed by atoms with van der Waals surface area (Å²) in [5, 5.41) is 7.62. The summed E-state index contributed by atoms with van der Waals surface area (Å²) < 4.78 is 12.5. The van der Waals surface area contributed by atoms with Crippen LogP contribution < -0.4 is 5.32 Å². The standard InChI is InChI=1S/C19H19ClN4O3/c1-12-16(20)17(24(23-12)14-5-3-2-4-6-14)22-18(25)15-11-27-19(21-15)13-7-9-26-10-8-13/h2-6,11,13H,7-10H2,1H3,(H,22,25). The number of aryl methyl sites for hydroxylation is 1. The van der Waals surface area contributed by atoms with Crippen molar-refractivity contribution in [3.8, 4) is 5.69 Å². The zero-order valence-corrected chi connectivity index (χ0v) is 15.6. The van der Waals surface area contributed by atoms with Crippen molar-refractivity contribution in [1.82, 2.24) is 14.8 Å². The summed E-state index contributed by atoms with van der Waals surface area (Å²) in [5.74, 6) is 0.764. The second-order valence-corrected chi connectivity index (χ2v) is 6.79. The van der Waals surface area contributed by atoms with Gasteiger partial charge in [0.1, 0.15) is 11.3 Å². The zero-order valence-electron chi connectivity index (χ0n) is 14.8. The van der Waals surface area contributed by atoms with Gasteiger partial charge in [-0.25, -0.2) is 9.67 Å². The molecule has 1 saturated heterocycles. The Morgan fingerprint density at radius 3 is 2.74 bits per heavy atom. The Labute approximate surface area is 161 Å². The third kappa shape index (κ3) is 3.61. The summed E-state index contributed by atoms with van der Waals surface area (Å²) in [6.07, 6.45) is 3.06. The van der Waals surface area contributed by atoms with Crippen molar-refractivity contribution in [2.75, 3.05) is 18.5 Å². The van der Waals surface area contributed by atoms with E-state index in [4.69, 9.17) is 20.8 Å². The number of anilines is 1. The number of oxazole rings is 1. The summed E-state index contributed by atoms with van der Waals surface area (Å²) in [6, 6.07) is 9.47. The maximum Gasteiger partial charge on any atom is 0.278 e. The molecule has 1 amide bonds. The lowest BCUT2D eigenvalue weighted by Crippen LogP contribution is -2.17. The van der Waals surface area contributed by atoms with Crippen LogP contribution in [0.4, 0.5) is 5.82 Å². The van der Waals surface area contributed by atoms with Crippen molar-refractivity contribution in [3.63, 3.8) is 0 Å². The van der Waals surface area contributed by atoms with Crippen molar-refractivity contribution < 1.29 is 13.9 Å². The van der Waals surface area contributed by atoms with Crippen molar-refractivity contribution in [2.45, 2.75) is 25.7 Å². The summed E-state index contributed by atoms with van der Waals surface area (Å²) >= 11 is 6.37. The number of ether oxygens (including phenoxy) is 1. The van der Waals surface area contributed by atoms with E-state index in [1.165, 1.54) is 6.26 Å². The van der Waals surface area contributed by atoms with E-state index in [-0.39, 0.29) is 11.6 Å². The fourth-order valence-corrected chi connectivity index (χ4v) is 3.23. The van der Waals surface area contributed by atoms with Crippen LogP contribution in [0.25, 0.3) is 5.69 Å². The lowest BCUT2D eigenvalue weighted by atomic mass is 10.0. The normalized spacial score (nSPS) is 15.0. The third-order valence-corrected chi connectivity index (χ3v) is 5.00. The SMILES string of the molecule is Cc1nn(-c2ccccc2)c(NC(=O)c2coc(C3CCOCC3)n2)c1Cl. The lowest BCUT2D eigenvalue weighted by Gasteiger charge is -2.18. The Kier molecular flexibility index (Phi) is 4.96. The number of amides is 1. The molecule has 1 aliphatic rings. The van der Waals surface area contributed by atoms with Crippen LogP contribution in [0.5, 0.6) is 0 Å². The molecule has 140 valence electrons. The molecule has 1 aromatic carbocycles. The highest BCUT2D eigenvalue weighted by Crippen LogP contribution is 2.29. The number of benzene rings is 1. The highest BCUT2D eigenvalue weighted by molar-refractivity contribution is 6.34. The first-order valence-electron chi connectivity index (χ1n) is 8.78. The van der Waals surface area contributed by atoms with E-state index in [9.17, 15) is 4.79 Å². The van der Waals surface area contributed by atoms with E-state index in [2.05, 4.69) is 15.4 Å². The predicted molar refractivity (Wildman–Crippen MR) is 101 cm³/mol. The maximum atomic E-state index is 12.7. The van der Waals surface area contributed by atoms with Gasteiger partial charge in [-0.2, -0.15) is 5.10 Å². The molecule has 8 heteroatoms. The zero-order chi connectivity index (χ0) is 18.8. The Balaban J connectivity index is 1.58. The van der Waals surface area contributed by atoms with Crippen molar-refractivity contribution in [2.24, 2.45) is 0 Å². The number of halogens is 1. The first kappa shape index (κ1) is 17.8. The first-order chi connectivity index (χ1) is 13.1. The first-order valence-corrected chi connectivity index (χ1v) is 9.16. The molecule has 7 nitrogen and oxygen atoms in total. The maximum absolute atomic E-state index is 12.7. The molecule has 0 spiro atoms. The second kappa shape index (κ2) is 7.54. The number of aromatic nitrogens is 3. The number of nitrogens with one attached hydrogen (secondary N) is 1. The fourth-order valence-electron chi connectivity index (χ4n) is 3.07. The van der Waals surface area contributed by atoms with Gasteiger partial charge in [0.25, 0.3) is 5.91 Å². The summed E-state index contributed by atoms with van der Waals surface area (Å²) in [4.78, 5) is 17.1. The van der Waals surface area contributed by atoms with Crippen LogP contribution in [0.1, 0.15) is 40.8 Å². The van der Waals surface area contributed by atoms with E-state index < -0.39 is 5.91 Å². The molecule has 0 bridgehead atoms. The van der Waals surface area contributed by atoms with Crippen LogP contribution in [0.15, 0.2) is 41.0 Å². The quantitative estimate of drug-likeness (QED) is 0.733. The van der Waals surface area contributed by atoms with Crippen LogP contribution >= 0.6 is 11.6 Å². The summed E-state index contributed by atoms with van der Waals surface area (Å²) in [6.45, 7) is 3.15. The smallest absolute Gasteiger partial charge is 0.278 e. The molecule has 0 saturated carbocycles. The highest BCUT2D eigenvalue weighted by Gasteiger charge is 2.24. The Bertz CT molecular complexity index is 945. The van der Waals surface area contributed by atoms with Gasteiger partial charge in [0.2, 0.25) is 0 Å². The van der Waals surface area contributed by atoms with Crippen LogP contribution in [0.2, 0.25) is 5.02 Å². The van der Waals surface area contributed by atoms with Crippen molar-refractivity contribution in [1.29, 1.82) is 0 Å². The number of carbonyl (C=O) groups is 1. The van der Waals surface area contributed by atoms with E-state index in [0.717, 1.165) is 18.5 Å². The van der Waals surface area contributed by atoms with Crippen molar-refractivity contribution in [3.05, 3.63) is 58.9 Å². The second-order valence-electron chi connectivity index (χ2n) is 6.41. The number of hydrogen-bond donors (Lipinski definition) is 1. The van der Waals surface area contributed by atoms with Crippen LogP contribution in [-0.2, 0) is 4.74 Å². The number of hydrogen-bond acceptors (Lipinski definition) is 5. The molecule has 0 aliphatic carbocycles. The molecule has 1 fully saturated rings. The minimum Gasteiger partial charge on any atom is -0.448 e. The Morgan fingerprint density at radius 2 is 2.00 bits per heavy atom. The average Bonchev–Trinajstić information content (AvgIpc) is 3.31. The number of rotatable bonds is 4. The van der Waals surface area contributed by atoms with Crippen LogP contribution in [-0.4, -0.2) is 33.9 Å². The van der Waals surface area contributed by atoms with Crippen LogP contribution in [0.3, 0.4) is 0 Å². The van der Waals surface area contributed by atoms with Gasteiger partial charge < -0.3 is 14.5 Å². The van der Waals surface area contributed by atoms with E-state index >= 15 is 0 Å². The van der Waals surface area contributed by atoms with Gasteiger partial charge in [0, 0.05) is 19.1 Å². The molecule has 4 rings (SSSR count). The predicted octanol–water partition coefficient (Wildman–Crippen LogP) is 3.97. The molecule has 1 N–H and O–H groups in total. The minimum atomic E-state index is -0.393. The van der Waals surface area contributed by atoms with Gasteiger partial charge in [0.05, 0.1) is 11.4 Å². The largest absolute Gasteiger partial charge is 0.448 e. The van der Waals surface area contributed by atoms with Gasteiger partial charge in [-0.15, -0.1) is 0 Å². The molecule has 0 unspecified atom stereocenters. The molecule has 3 heterocycles. The van der Waals surface area contributed by atoms with E-state index in [0.29, 0.717) is 35.6 Å². The Morgan fingerprint density at radius 1 is 1.26 bits per heavy atom. The van der Waals surface area contributed by atoms with Gasteiger partial charge in [-0.05, 0) is 31.9 Å². The van der Waals surface area contributed by atoms with Gasteiger partial charge in [-0.1, -0.05) is 29.8 Å². The average molecular weight is 387 g/mol. The minimum absolute atomic E-state index is 0.181. The molecule has 0 atom stereocenters. The molecular formula is C19H19ClN4O3. The third-order valence-electron chi connectivity index (χ3n) is 4.55. The monoisotopic (exact) mass is 386 g/mol.